The lowest BCUT2D eigenvalue weighted by Crippen LogP contribution is -2.67. The van der Waals surface area contributed by atoms with Gasteiger partial charge in [-0.15, -0.1) is 0 Å². The summed E-state index contributed by atoms with van der Waals surface area (Å²) >= 11 is 0. The molecule has 2 bridgehead atoms. The smallest absolute Gasteiger partial charge is 0.205 e. The van der Waals surface area contributed by atoms with E-state index in [2.05, 4.69) is 39.0 Å². The lowest BCUT2D eigenvalue weighted by molar-refractivity contribution is -0.302. The molecule has 0 saturated heterocycles. The first-order valence-electron chi connectivity index (χ1n) is 9.43. The van der Waals surface area contributed by atoms with Crippen LogP contribution in [0.25, 0.3) is 0 Å². The van der Waals surface area contributed by atoms with E-state index in [0.717, 1.165) is 19.3 Å². The van der Waals surface area contributed by atoms with E-state index >= 15 is 0 Å². The number of ether oxygens (including phenoxy) is 2. The van der Waals surface area contributed by atoms with E-state index in [0.29, 0.717) is 18.1 Å². The van der Waals surface area contributed by atoms with Crippen molar-refractivity contribution in [2.24, 2.45) is 28.1 Å². The molecule has 5 aliphatic carbocycles. The highest BCUT2D eigenvalue weighted by molar-refractivity contribution is 5.86. The Bertz CT molecular complexity index is 671. The summed E-state index contributed by atoms with van der Waals surface area (Å²) in [4.78, 5) is 12.6. The first-order valence-corrected chi connectivity index (χ1v) is 9.43. The van der Waals surface area contributed by atoms with E-state index < -0.39 is 17.3 Å². The van der Waals surface area contributed by atoms with Crippen LogP contribution in [0.5, 0.6) is 0 Å². The maximum atomic E-state index is 12.6. The second-order valence-electron chi connectivity index (χ2n) is 9.19. The summed E-state index contributed by atoms with van der Waals surface area (Å²) in [5, 5.41) is 11.4. The Morgan fingerprint density at radius 1 is 1.16 bits per heavy atom. The molecule has 4 heteroatoms. The van der Waals surface area contributed by atoms with Gasteiger partial charge in [0.1, 0.15) is 11.9 Å². The van der Waals surface area contributed by atoms with Gasteiger partial charge in [0.25, 0.3) is 0 Å². The number of aliphatic hydroxyl groups is 1. The van der Waals surface area contributed by atoms with Crippen LogP contribution in [-0.4, -0.2) is 37.0 Å². The zero-order chi connectivity index (χ0) is 18.3. The molecule has 5 aliphatic rings. The highest BCUT2D eigenvalue weighted by Gasteiger charge is 2.68. The SMILES string of the molecule is COC1(OC)C2C=CC3(CCC4C(C)(C)C(=O)CCC4(C)C3=C2)C1O. The molecule has 1 N–H and O–H groups in total. The van der Waals surface area contributed by atoms with Crippen molar-refractivity contribution in [1.29, 1.82) is 0 Å². The van der Waals surface area contributed by atoms with Gasteiger partial charge in [-0.3, -0.25) is 4.79 Å². The molecule has 4 nitrogen and oxygen atoms in total. The van der Waals surface area contributed by atoms with E-state index in [-0.39, 0.29) is 16.7 Å². The molecule has 0 heterocycles. The summed E-state index contributed by atoms with van der Waals surface area (Å²) in [6, 6.07) is 0. The van der Waals surface area contributed by atoms with Gasteiger partial charge in [0.2, 0.25) is 5.79 Å². The van der Waals surface area contributed by atoms with Crippen molar-refractivity contribution in [3.05, 3.63) is 23.8 Å². The van der Waals surface area contributed by atoms with E-state index in [1.807, 2.05) is 0 Å². The predicted molar refractivity (Wildman–Crippen MR) is 94.8 cm³/mol. The van der Waals surface area contributed by atoms with Crippen molar-refractivity contribution in [2.45, 2.75) is 58.3 Å². The third kappa shape index (κ3) is 1.81. The number of Topliss-reactive ketones (excluding diaryl/α,β-unsaturated/α-hetero) is 1. The molecule has 5 unspecified atom stereocenters. The fourth-order valence-electron chi connectivity index (χ4n) is 6.69. The summed E-state index contributed by atoms with van der Waals surface area (Å²) < 4.78 is 11.4. The first kappa shape index (κ1) is 17.4. The summed E-state index contributed by atoms with van der Waals surface area (Å²) in [5.41, 5.74) is 0.498. The zero-order valence-corrected chi connectivity index (χ0v) is 16.0. The number of hydrogen-bond acceptors (Lipinski definition) is 4. The molecule has 2 saturated carbocycles. The molecular weight excluding hydrogens is 316 g/mol. The molecule has 2 fully saturated rings. The standard InChI is InChI=1S/C21H30O4/c1-18(2)14-7-11-20-10-6-13(21(24-4,25-5)17(20)23)12-15(20)19(14,3)9-8-16(18)22/h6,10,12-14,17,23H,7-9,11H2,1-5H3. The third-order valence-corrected chi connectivity index (χ3v) is 8.11. The van der Waals surface area contributed by atoms with Gasteiger partial charge in [-0.05, 0) is 30.6 Å². The van der Waals surface area contributed by atoms with Gasteiger partial charge in [0.15, 0.2) is 0 Å². The number of fused-ring (bicyclic) bond motifs is 2. The van der Waals surface area contributed by atoms with Gasteiger partial charge in [0, 0.05) is 31.5 Å². The average Bonchev–Trinajstić information content (AvgIpc) is 2.60. The highest BCUT2D eigenvalue weighted by atomic mass is 16.7. The fraction of sp³-hybridized carbons (Fsp3) is 0.762. The number of hydrogen-bond donors (Lipinski definition) is 1. The quantitative estimate of drug-likeness (QED) is 0.616. The largest absolute Gasteiger partial charge is 0.386 e. The molecule has 0 radical (unpaired) electrons. The number of methoxy groups -OCH3 is 2. The number of aliphatic hydroxyl groups excluding tert-OH is 1. The number of ketones is 1. The van der Waals surface area contributed by atoms with Crippen LogP contribution in [0.2, 0.25) is 0 Å². The molecule has 0 aromatic heterocycles. The summed E-state index contributed by atoms with van der Waals surface area (Å²) in [6.45, 7) is 6.52. The van der Waals surface area contributed by atoms with Crippen molar-refractivity contribution in [3.8, 4) is 0 Å². The molecular formula is C21H30O4. The van der Waals surface area contributed by atoms with Gasteiger partial charge in [-0.1, -0.05) is 44.6 Å². The second kappa shape index (κ2) is 5.05. The Hall–Kier alpha value is -0.970. The summed E-state index contributed by atoms with van der Waals surface area (Å²) in [7, 11) is 3.22. The molecule has 0 amide bonds. The number of rotatable bonds is 2. The van der Waals surface area contributed by atoms with Crippen LogP contribution >= 0.6 is 0 Å². The van der Waals surface area contributed by atoms with Crippen LogP contribution < -0.4 is 0 Å². The molecule has 0 aromatic rings. The molecule has 5 rings (SSSR count). The van der Waals surface area contributed by atoms with Crippen molar-refractivity contribution in [1.82, 2.24) is 0 Å². The minimum absolute atomic E-state index is 0.0622. The third-order valence-electron chi connectivity index (χ3n) is 8.11. The Balaban J connectivity index is 1.87. The lowest BCUT2D eigenvalue weighted by Gasteiger charge is -2.65. The van der Waals surface area contributed by atoms with Crippen LogP contribution in [0, 0.1) is 28.1 Å². The first-order chi connectivity index (χ1) is 11.7. The highest BCUT2D eigenvalue weighted by Crippen LogP contribution is 2.68. The Morgan fingerprint density at radius 2 is 1.84 bits per heavy atom. The molecule has 5 atom stereocenters. The van der Waals surface area contributed by atoms with E-state index in [1.54, 1.807) is 14.2 Å². The zero-order valence-electron chi connectivity index (χ0n) is 16.0. The molecule has 25 heavy (non-hydrogen) atoms. The van der Waals surface area contributed by atoms with Crippen molar-refractivity contribution >= 4 is 5.78 Å². The van der Waals surface area contributed by atoms with Gasteiger partial charge in [-0.25, -0.2) is 0 Å². The maximum absolute atomic E-state index is 12.6. The van der Waals surface area contributed by atoms with Crippen molar-refractivity contribution in [3.63, 3.8) is 0 Å². The minimum atomic E-state index is -1.01. The molecule has 138 valence electrons. The van der Waals surface area contributed by atoms with E-state index in [1.165, 1.54) is 5.57 Å². The Morgan fingerprint density at radius 3 is 2.48 bits per heavy atom. The number of carbonyl (C=O) groups excluding carboxylic acids is 1. The Labute approximate surface area is 150 Å². The van der Waals surface area contributed by atoms with Gasteiger partial charge in [-0.2, -0.15) is 0 Å². The van der Waals surface area contributed by atoms with Crippen molar-refractivity contribution < 1.29 is 19.4 Å². The predicted octanol–water partition coefficient (Wildman–Crippen LogP) is 3.25. The van der Waals surface area contributed by atoms with Gasteiger partial charge in [0.05, 0.1) is 5.92 Å². The molecule has 1 spiro atoms. The average molecular weight is 346 g/mol. The van der Waals surface area contributed by atoms with Crippen LogP contribution in [0.15, 0.2) is 23.8 Å². The normalized spacial score (nSPS) is 46.4. The molecule has 0 aliphatic heterocycles. The van der Waals surface area contributed by atoms with Crippen LogP contribution in [0.4, 0.5) is 0 Å². The van der Waals surface area contributed by atoms with Crippen LogP contribution in [0.1, 0.15) is 46.5 Å². The molecule has 0 aromatic carbocycles. The monoisotopic (exact) mass is 346 g/mol. The van der Waals surface area contributed by atoms with Crippen molar-refractivity contribution in [2.75, 3.05) is 14.2 Å². The van der Waals surface area contributed by atoms with Gasteiger partial charge >= 0.3 is 0 Å². The topological polar surface area (TPSA) is 55.8 Å². The van der Waals surface area contributed by atoms with E-state index in [9.17, 15) is 9.90 Å². The maximum Gasteiger partial charge on any atom is 0.205 e. The van der Waals surface area contributed by atoms with Crippen LogP contribution in [-0.2, 0) is 14.3 Å². The van der Waals surface area contributed by atoms with E-state index in [4.69, 9.17) is 9.47 Å². The second-order valence-corrected chi connectivity index (χ2v) is 9.19. The Kier molecular flexibility index (Phi) is 3.53. The van der Waals surface area contributed by atoms with Gasteiger partial charge < -0.3 is 14.6 Å². The lowest BCUT2D eigenvalue weighted by atomic mass is 9.41. The fourth-order valence-corrected chi connectivity index (χ4v) is 6.69. The summed E-state index contributed by atoms with van der Waals surface area (Å²) in [6.07, 6.45) is 9.12. The summed E-state index contributed by atoms with van der Waals surface area (Å²) in [5.74, 6) is -0.420. The minimum Gasteiger partial charge on any atom is -0.386 e. The number of carbonyl (C=O) groups is 1. The van der Waals surface area contributed by atoms with Crippen LogP contribution in [0.3, 0.4) is 0 Å².